The predicted octanol–water partition coefficient (Wildman–Crippen LogP) is 2.86. The van der Waals surface area contributed by atoms with Crippen molar-refractivity contribution in [3.05, 3.63) is 35.4 Å². The van der Waals surface area contributed by atoms with Crippen molar-refractivity contribution in [3.8, 4) is 0 Å². The molecule has 2 heteroatoms. The molecule has 1 atom stereocenters. The van der Waals surface area contributed by atoms with Crippen molar-refractivity contribution in [2.24, 2.45) is 5.92 Å². The average molecular weight is 260 g/mol. The second-order valence-corrected chi connectivity index (χ2v) is 6.52. The number of nitrogens with one attached hydrogen (secondary N) is 2. The Morgan fingerprint density at radius 1 is 1.32 bits per heavy atom. The van der Waals surface area contributed by atoms with E-state index in [0.29, 0.717) is 0 Å². The van der Waals surface area contributed by atoms with E-state index in [2.05, 4.69) is 55.7 Å². The number of aryl methyl sites for hydroxylation is 1. The first-order chi connectivity index (χ1) is 9.09. The Morgan fingerprint density at radius 2 is 2.11 bits per heavy atom. The van der Waals surface area contributed by atoms with Crippen molar-refractivity contribution < 1.29 is 0 Å². The summed E-state index contributed by atoms with van der Waals surface area (Å²) in [5.41, 5.74) is 3.07. The molecule has 1 aliphatic rings. The Kier molecular flexibility index (Phi) is 5.00. The minimum atomic E-state index is 0.208. The predicted molar refractivity (Wildman–Crippen MR) is 82.7 cm³/mol. The molecule has 19 heavy (non-hydrogen) atoms. The van der Waals surface area contributed by atoms with Gasteiger partial charge in [0.15, 0.2) is 0 Å². The van der Waals surface area contributed by atoms with Gasteiger partial charge in [0.2, 0.25) is 0 Å². The van der Waals surface area contributed by atoms with Crippen LogP contribution in [0.25, 0.3) is 0 Å². The van der Waals surface area contributed by atoms with E-state index < -0.39 is 0 Å². The van der Waals surface area contributed by atoms with Crippen LogP contribution < -0.4 is 10.6 Å². The van der Waals surface area contributed by atoms with Gasteiger partial charge in [-0.15, -0.1) is 0 Å². The second-order valence-electron chi connectivity index (χ2n) is 6.52. The lowest BCUT2D eigenvalue weighted by Gasteiger charge is -2.28. The molecule has 1 aliphatic heterocycles. The Balaban J connectivity index is 1.79. The molecule has 1 heterocycles. The summed E-state index contributed by atoms with van der Waals surface area (Å²) >= 11 is 0. The number of benzene rings is 1. The second kappa shape index (κ2) is 6.53. The van der Waals surface area contributed by atoms with Crippen molar-refractivity contribution in [2.75, 3.05) is 26.2 Å². The Bertz CT molecular complexity index is 392. The van der Waals surface area contributed by atoms with Crippen LogP contribution in [0.1, 0.15) is 37.8 Å². The van der Waals surface area contributed by atoms with Gasteiger partial charge in [0.05, 0.1) is 0 Å². The van der Waals surface area contributed by atoms with Crippen molar-refractivity contribution in [1.82, 2.24) is 10.6 Å². The maximum Gasteiger partial charge on any atom is 0.00432 e. The van der Waals surface area contributed by atoms with Crippen LogP contribution in [0.3, 0.4) is 0 Å². The molecule has 106 valence electrons. The van der Waals surface area contributed by atoms with Gasteiger partial charge in [0.25, 0.3) is 0 Å². The average Bonchev–Trinajstić information content (AvgIpc) is 2.88. The highest BCUT2D eigenvalue weighted by Crippen LogP contribution is 2.25. The zero-order chi connectivity index (χ0) is 13.7. The van der Waals surface area contributed by atoms with E-state index in [0.717, 1.165) is 19.0 Å². The minimum Gasteiger partial charge on any atom is -0.316 e. The minimum absolute atomic E-state index is 0.208. The van der Waals surface area contributed by atoms with E-state index in [-0.39, 0.29) is 5.41 Å². The molecular formula is C17H28N2. The van der Waals surface area contributed by atoms with Crippen LogP contribution in [0.5, 0.6) is 0 Å². The molecule has 0 amide bonds. The fraction of sp³-hybridized carbons (Fsp3) is 0.647. The van der Waals surface area contributed by atoms with Crippen molar-refractivity contribution in [3.63, 3.8) is 0 Å². The molecule has 1 saturated heterocycles. The molecule has 0 spiro atoms. The summed E-state index contributed by atoms with van der Waals surface area (Å²) in [7, 11) is 0. The molecule has 1 unspecified atom stereocenters. The van der Waals surface area contributed by atoms with Gasteiger partial charge in [0, 0.05) is 12.0 Å². The van der Waals surface area contributed by atoms with Gasteiger partial charge in [-0.25, -0.2) is 0 Å². The van der Waals surface area contributed by atoms with E-state index in [1.807, 2.05) is 0 Å². The normalized spacial score (nSPS) is 19.8. The van der Waals surface area contributed by atoms with Crippen LogP contribution in [0.15, 0.2) is 24.3 Å². The van der Waals surface area contributed by atoms with E-state index in [9.17, 15) is 0 Å². The van der Waals surface area contributed by atoms with Gasteiger partial charge >= 0.3 is 0 Å². The third-order valence-electron chi connectivity index (χ3n) is 4.33. The summed E-state index contributed by atoms with van der Waals surface area (Å²) in [6.07, 6.45) is 2.65. The maximum absolute atomic E-state index is 3.65. The lowest BCUT2D eigenvalue weighted by Crippen LogP contribution is -2.34. The van der Waals surface area contributed by atoms with Gasteiger partial charge in [-0.05, 0) is 56.4 Å². The van der Waals surface area contributed by atoms with Gasteiger partial charge < -0.3 is 10.6 Å². The third kappa shape index (κ3) is 4.05. The van der Waals surface area contributed by atoms with E-state index in [4.69, 9.17) is 0 Å². The van der Waals surface area contributed by atoms with Gasteiger partial charge in [-0.2, -0.15) is 0 Å². The molecule has 2 nitrogen and oxygen atoms in total. The summed E-state index contributed by atoms with van der Waals surface area (Å²) < 4.78 is 0. The Labute approximate surface area is 118 Å². The molecule has 0 bridgehead atoms. The monoisotopic (exact) mass is 260 g/mol. The molecule has 0 aliphatic carbocycles. The molecule has 1 fully saturated rings. The highest BCUT2D eigenvalue weighted by molar-refractivity contribution is 5.32. The lowest BCUT2D eigenvalue weighted by molar-refractivity contribution is 0.436. The molecule has 1 aromatic rings. The summed E-state index contributed by atoms with van der Waals surface area (Å²) in [6, 6.07) is 8.74. The summed E-state index contributed by atoms with van der Waals surface area (Å²) in [6.45, 7) is 11.5. The molecule has 2 rings (SSSR count). The largest absolute Gasteiger partial charge is 0.316 e. The number of hydrogen-bond acceptors (Lipinski definition) is 2. The SMILES string of the molecule is Cc1ccccc1C(C)(C)CNCCC1CCNC1. The molecule has 2 N–H and O–H groups in total. The summed E-state index contributed by atoms with van der Waals surface area (Å²) in [5, 5.41) is 7.09. The quantitative estimate of drug-likeness (QED) is 0.769. The first-order valence-corrected chi connectivity index (χ1v) is 7.57. The van der Waals surface area contributed by atoms with Crippen molar-refractivity contribution in [1.29, 1.82) is 0 Å². The molecular weight excluding hydrogens is 232 g/mol. The van der Waals surface area contributed by atoms with Crippen LogP contribution in [0, 0.1) is 12.8 Å². The molecule has 0 radical (unpaired) electrons. The Morgan fingerprint density at radius 3 is 2.79 bits per heavy atom. The molecule has 0 aromatic heterocycles. The van der Waals surface area contributed by atoms with Gasteiger partial charge in [-0.3, -0.25) is 0 Å². The van der Waals surface area contributed by atoms with Gasteiger partial charge in [0.1, 0.15) is 0 Å². The summed E-state index contributed by atoms with van der Waals surface area (Å²) in [4.78, 5) is 0. The van der Waals surface area contributed by atoms with Crippen molar-refractivity contribution >= 4 is 0 Å². The third-order valence-corrected chi connectivity index (χ3v) is 4.33. The van der Waals surface area contributed by atoms with Crippen LogP contribution in [0.2, 0.25) is 0 Å². The van der Waals surface area contributed by atoms with Crippen LogP contribution in [-0.2, 0) is 5.41 Å². The first kappa shape index (κ1) is 14.5. The number of rotatable bonds is 6. The topological polar surface area (TPSA) is 24.1 Å². The fourth-order valence-corrected chi connectivity index (χ4v) is 3.10. The van der Waals surface area contributed by atoms with Crippen LogP contribution in [-0.4, -0.2) is 26.2 Å². The first-order valence-electron chi connectivity index (χ1n) is 7.57. The highest BCUT2D eigenvalue weighted by Gasteiger charge is 2.22. The highest BCUT2D eigenvalue weighted by atomic mass is 14.9. The van der Waals surface area contributed by atoms with Crippen LogP contribution >= 0.6 is 0 Å². The molecule has 1 aromatic carbocycles. The molecule has 0 saturated carbocycles. The lowest BCUT2D eigenvalue weighted by atomic mass is 9.82. The maximum atomic E-state index is 3.65. The van der Waals surface area contributed by atoms with E-state index in [1.54, 1.807) is 0 Å². The zero-order valence-corrected chi connectivity index (χ0v) is 12.6. The fourth-order valence-electron chi connectivity index (χ4n) is 3.10. The van der Waals surface area contributed by atoms with Crippen LogP contribution in [0.4, 0.5) is 0 Å². The zero-order valence-electron chi connectivity index (χ0n) is 12.6. The van der Waals surface area contributed by atoms with Gasteiger partial charge in [-0.1, -0.05) is 38.1 Å². The standard InChI is InChI=1S/C17H28N2/c1-14-6-4-5-7-16(14)17(2,3)13-19-11-9-15-8-10-18-12-15/h4-7,15,18-19H,8-13H2,1-3H3. The van der Waals surface area contributed by atoms with E-state index in [1.165, 1.54) is 37.1 Å². The summed E-state index contributed by atoms with van der Waals surface area (Å²) in [5.74, 6) is 0.883. The van der Waals surface area contributed by atoms with Crippen molar-refractivity contribution in [2.45, 2.75) is 39.0 Å². The van der Waals surface area contributed by atoms with E-state index >= 15 is 0 Å². The Hall–Kier alpha value is -0.860. The number of hydrogen-bond donors (Lipinski definition) is 2. The smallest absolute Gasteiger partial charge is 0.00432 e.